The number of hydrogen-bond acceptors (Lipinski definition) is 4. The van der Waals surface area contributed by atoms with Gasteiger partial charge in [-0.2, -0.15) is 0 Å². The van der Waals surface area contributed by atoms with E-state index >= 15 is 0 Å². The summed E-state index contributed by atoms with van der Waals surface area (Å²) < 4.78 is 44.0. The molecule has 0 unspecified atom stereocenters. The second-order valence-corrected chi connectivity index (χ2v) is 2.59. The molecule has 15 heavy (non-hydrogen) atoms. The Bertz CT molecular complexity index is 319. The first-order valence-electron chi connectivity index (χ1n) is 3.95. The second-order valence-electron chi connectivity index (χ2n) is 2.59. The lowest BCUT2D eigenvalue weighted by atomic mass is 10.3. The molecule has 0 aliphatic carbocycles. The third kappa shape index (κ3) is 3.62. The van der Waals surface area contributed by atoms with E-state index in [1.54, 1.807) is 0 Å². The first-order chi connectivity index (χ1) is 6.94. The van der Waals surface area contributed by atoms with Crippen molar-refractivity contribution in [3.05, 3.63) is 17.8 Å². The Morgan fingerprint density at radius 1 is 1.40 bits per heavy atom. The molecule has 0 aromatic carbocycles. The Hall–Kier alpha value is -1.50. The monoisotopic (exact) mass is 222 g/mol. The fraction of sp³-hybridized carbons (Fsp3) is 0.375. The molecule has 1 aromatic rings. The van der Waals surface area contributed by atoms with Gasteiger partial charge in [0.2, 0.25) is 5.88 Å². The summed E-state index contributed by atoms with van der Waals surface area (Å²) in [6.07, 6.45) is -4.77. The highest BCUT2D eigenvalue weighted by molar-refractivity contribution is 5.30. The molecule has 0 aliphatic heterocycles. The molecule has 7 heteroatoms. The van der Waals surface area contributed by atoms with Crippen LogP contribution in [0.15, 0.2) is 12.1 Å². The van der Waals surface area contributed by atoms with E-state index in [9.17, 15) is 13.2 Å². The molecule has 1 heterocycles. The first-order valence-corrected chi connectivity index (χ1v) is 3.95. The highest BCUT2D eigenvalue weighted by Gasteiger charge is 2.32. The van der Waals surface area contributed by atoms with Crippen molar-refractivity contribution in [2.24, 2.45) is 5.73 Å². The summed E-state index contributed by atoms with van der Waals surface area (Å²) in [5, 5.41) is 0. The van der Waals surface area contributed by atoms with Gasteiger partial charge in [-0.05, 0) is 0 Å². The number of halogens is 3. The highest BCUT2D eigenvalue weighted by Crippen LogP contribution is 2.24. The molecule has 2 N–H and O–H groups in total. The summed E-state index contributed by atoms with van der Waals surface area (Å²) in [5.41, 5.74) is 5.51. The first kappa shape index (κ1) is 11.6. The average Bonchev–Trinajstić information content (AvgIpc) is 2.14. The summed E-state index contributed by atoms with van der Waals surface area (Å²) in [5.74, 6) is -0.369. The minimum Gasteiger partial charge on any atom is -0.496 e. The van der Waals surface area contributed by atoms with E-state index in [2.05, 4.69) is 9.72 Å². The standard InChI is InChI=1S/C8H9F3N2O2/c1-14-6-2-5(4-12)13-7(3-6)15-8(9,10)11/h2-3H,4,12H2,1H3. The number of ether oxygens (including phenoxy) is 2. The van der Waals surface area contributed by atoms with E-state index in [0.29, 0.717) is 0 Å². The molecule has 0 radical (unpaired) electrons. The van der Waals surface area contributed by atoms with Gasteiger partial charge in [0.05, 0.1) is 12.8 Å². The molecule has 0 spiro atoms. The van der Waals surface area contributed by atoms with E-state index in [1.165, 1.54) is 13.2 Å². The van der Waals surface area contributed by atoms with Crippen LogP contribution in [0.25, 0.3) is 0 Å². The number of hydrogen-bond donors (Lipinski definition) is 1. The number of aromatic nitrogens is 1. The summed E-state index contributed by atoms with van der Waals surface area (Å²) in [6.45, 7) is 0.00537. The van der Waals surface area contributed by atoms with Crippen LogP contribution < -0.4 is 15.2 Å². The Kier molecular flexibility index (Phi) is 3.35. The van der Waals surface area contributed by atoms with Crippen molar-refractivity contribution in [3.63, 3.8) is 0 Å². The van der Waals surface area contributed by atoms with Gasteiger partial charge in [-0.25, -0.2) is 4.98 Å². The van der Waals surface area contributed by atoms with Gasteiger partial charge >= 0.3 is 6.36 Å². The molecule has 0 saturated carbocycles. The molecule has 0 aliphatic rings. The van der Waals surface area contributed by atoms with Crippen molar-refractivity contribution >= 4 is 0 Å². The molecular weight excluding hydrogens is 213 g/mol. The van der Waals surface area contributed by atoms with Crippen molar-refractivity contribution in [1.82, 2.24) is 4.98 Å². The largest absolute Gasteiger partial charge is 0.574 e. The maximum absolute atomic E-state index is 11.9. The van der Waals surface area contributed by atoms with Crippen LogP contribution in [0.3, 0.4) is 0 Å². The van der Waals surface area contributed by atoms with E-state index in [-0.39, 0.29) is 18.0 Å². The maximum atomic E-state index is 11.9. The number of alkyl halides is 3. The fourth-order valence-electron chi connectivity index (χ4n) is 0.927. The quantitative estimate of drug-likeness (QED) is 0.840. The van der Waals surface area contributed by atoms with Crippen LogP contribution in [0.2, 0.25) is 0 Å². The number of nitrogens with two attached hydrogens (primary N) is 1. The molecule has 0 fully saturated rings. The molecule has 0 atom stereocenters. The van der Waals surface area contributed by atoms with Gasteiger partial charge in [0.25, 0.3) is 0 Å². The molecule has 1 rings (SSSR count). The van der Waals surface area contributed by atoms with Crippen LogP contribution in [0, 0.1) is 0 Å². The van der Waals surface area contributed by atoms with Crippen LogP contribution in [-0.4, -0.2) is 18.5 Å². The van der Waals surface area contributed by atoms with E-state index in [4.69, 9.17) is 10.5 Å². The van der Waals surface area contributed by atoms with Crippen LogP contribution in [0.5, 0.6) is 11.6 Å². The van der Waals surface area contributed by atoms with Crippen LogP contribution >= 0.6 is 0 Å². The van der Waals surface area contributed by atoms with Gasteiger partial charge in [-0.15, -0.1) is 13.2 Å². The van der Waals surface area contributed by atoms with Gasteiger partial charge < -0.3 is 15.2 Å². The topological polar surface area (TPSA) is 57.4 Å². The molecule has 0 bridgehead atoms. The fourth-order valence-corrected chi connectivity index (χ4v) is 0.927. The minimum atomic E-state index is -4.77. The van der Waals surface area contributed by atoms with Crippen molar-refractivity contribution in [3.8, 4) is 11.6 Å². The second kappa shape index (κ2) is 4.35. The molecular formula is C8H9F3N2O2. The zero-order valence-electron chi connectivity index (χ0n) is 7.84. The lowest BCUT2D eigenvalue weighted by Crippen LogP contribution is -2.18. The van der Waals surface area contributed by atoms with Crippen LogP contribution in [-0.2, 0) is 6.54 Å². The Balaban J connectivity index is 2.97. The van der Waals surface area contributed by atoms with Crippen LogP contribution in [0.4, 0.5) is 13.2 Å². The van der Waals surface area contributed by atoms with Crippen molar-refractivity contribution in [1.29, 1.82) is 0 Å². The predicted molar refractivity (Wildman–Crippen MR) is 45.4 cm³/mol. The third-order valence-electron chi connectivity index (χ3n) is 1.49. The van der Waals surface area contributed by atoms with Gasteiger partial charge in [0, 0.05) is 18.7 Å². The highest BCUT2D eigenvalue weighted by atomic mass is 19.4. The zero-order chi connectivity index (χ0) is 11.5. The predicted octanol–water partition coefficient (Wildman–Crippen LogP) is 1.45. The smallest absolute Gasteiger partial charge is 0.496 e. The number of pyridine rings is 1. The molecule has 4 nitrogen and oxygen atoms in total. The lowest BCUT2D eigenvalue weighted by molar-refractivity contribution is -0.276. The van der Waals surface area contributed by atoms with Gasteiger partial charge in [-0.3, -0.25) is 0 Å². The molecule has 1 aromatic heterocycles. The van der Waals surface area contributed by atoms with Crippen molar-refractivity contribution < 1.29 is 22.6 Å². The van der Waals surface area contributed by atoms with E-state index < -0.39 is 12.2 Å². The van der Waals surface area contributed by atoms with Crippen molar-refractivity contribution in [2.45, 2.75) is 12.9 Å². The lowest BCUT2D eigenvalue weighted by Gasteiger charge is -2.10. The number of nitrogens with zero attached hydrogens (tertiary/aromatic N) is 1. The van der Waals surface area contributed by atoms with Gasteiger partial charge in [-0.1, -0.05) is 0 Å². The summed E-state index contributed by atoms with van der Waals surface area (Å²) in [6, 6.07) is 2.47. The van der Waals surface area contributed by atoms with Crippen LogP contribution in [0.1, 0.15) is 5.69 Å². The van der Waals surface area contributed by atoms with E-state index in [0.717, 1.165) is 6.07 Å². The Labute approximate surface area is 83.8 Å². The number of rotatable bonds is 3. The summed E-state index contributed by atoms with van der Waals surface area (Å²) >= 11 is 0. The molecule has 0 saturated heterocycles. The molecule has 84 valence electrons. The zero-order valence-corrected chi connectivity index (χ0v) is 7.84. The van der Waals surface area contributed by atoms with E-state index in [1.807, 2.05) is 0 Å². The summed E-state index contributed by atoms with van der Waals surface area (Å²) in [7, 11) is 1.33. The van der Waals surface area contributed by atoms with Gasteiger partial charge in [0.1, 0.15) is 5.75 Å². The SMILES string of the molecule is COc1cc(CN)nc(OC(F)(F)F)c1. The normalized spacial score (nSPS) is 11.3. The third-order valence-corrected chi connectivity index (χ3v) is 1.49. The molecule has 0 amide bonds. The number of methoxy groups -OCH3 is 1. The Morgan fingerprint density at radius 3 is 2.53 bits per heavy atom. The summed E-state index contributed by atoms with van der Waals surface area (Å²) in [4.78, 5) is 3.54. The average molecular weight is 222 g/mol. The maximum Gasteiger partial charge on any atom is 0.574 e. The Morgan fingerprint density at radius 2 is 2.07 bits per heavy atom. The van der Waals surface area contributed by atoms with Gasteiger partial charge in [0.15, 0.2) is 0 Å². The van der Waals surface area contributed by atoms with Crippen molar-refractivity contribution in [2.75, 3.05) is 7.11 Å². The minimum absolute atomic E-state index is 0.00537.